The maximum Gasteiger partial charge on any atom is 0.230 e. The third kappa shape index (κ3) is 4.42. The fraction of sp³-hybridized carbons (Fsp3) is 0.333. The Morgan fingerprint density at radius 3 is 2.79 bits per heavy atom. The van der Waals surface area contributed by atoms with E-state index in [9.17, 15) is 4.79 Å². The van der Waals surface area contributed by atoms with Crippen LogP contribution in [-0.2, 0) is 17.6 Å². The number of nitrogens with one attached hydrogen (secondary N) is 2. The zero-order valence-electron chi connectivity index (χ0n) is 15.8. The van der Waals surface area contributed by atoms with E-state index in [1.54, 1.807) is 12.4 Å². The molecule has 6 nitrogen and oxygen atoms in total. The molecule has 0 aliphatic heterocycles. The van der Waals surface area contributed by atoms with Crippen molar-refractivity contribution in [1.82, 2.24) is 25.5 Å². The molecule has 3 aromatic rings. The van der Waals surface area contributed by atoms with Crippen molar-refractivity contribution in [2.24, 2.45) is 0 Å². The van der Waals surface area contributed by atoms with E-state index >= 15 is 0 Å². The number of fused-ring (bicyclic) bond motifs is 1. The Bertz CT molecular complexity index is 956. The van der Waals surface area contributed by atoms with E-state index in [-0.39, 0.29) is 17.7 Å². The molecule has 1 atom stereocenters. The molecule has 144 valence electrons. The third-order valence-electron chi connectivity index (χ3n) is 5.00. The lowest BCUT2D eigenvalue weighted by molar-refractivity contribution is -0.119. The molecule has 0 saturated heterocycles. The van der Waals surface area contributed by atoms with E-state index in [2.05, 4.69) is 43.7 Å². The second-order valence-corrected chi connectivity index (χ2v) is 7.96. The summed E-state index contributed by atoms with van der Waals surface area (Å²) in [4.78, 5) is 20.8. The van der Waals surface area contributed by atoms with E-state index in [0.29, 0.717) is 11.0 Å². The molecule has 7 heteroatoms. The van der Waals surface area contributed by atoms with Gasteiger partial charge in [-0.1, -0.05) is 30.0 Å². The van der Waals surface area contributed by atoms with Crippen LogP contribution in [0.5, 0.6) is 0 Å². The number of nitrogens with zero attached hydrogens (tertiary/aromatic N) is 3. The van der Waals surface area contributed by atoms with Gasteiger partial charge in [-0.3, -0.25) is 14.9 Å². The van der Waals surface area contributed by atoms with Crippen molar-refractivity contribution in [2.75, 3.05) is 5.75 Å². The zero-order chi connectivity index (χ0) is 19.3. The standard InChI is InChI=1S/C21H23N5OS/c1-14(17-7-6-15-4-2-3-5-18(15)12-17)23-19(27)13-28-21-24-20(25-26-21)16-8-10-22-11-9-16/h6-12,14H,2-5,13H2,1H3,(H,23,27)(H,24,25,26)/t14-/m1/s1. The topological polar surface area (TPSA) is 83.6 Å². The van der Waals surface area contributed by atoms with Gasteiger partial charge in [0.15, 0.2) is 5.82 Å². The van der Waals surface area contributed by atoms with E-state index in [1.807, 2.05) is 19.1 Å². The van der Waals surface area contributed by atoms with Gasteiger partial charge in [-0.25, -0.2) is 4.98 Å². The molecule has 2 N–H and O–H groups in total. The molecule has 1 aliphatic carbocycles. The molecule has 28 heavy (non-hydrogen) atoms. The number of H-pyrrole nitrogens is 1. The normalized spacial score (nSPS) is 14.3. The first kappa shape index (κ1) is 18.7. The average Bonchev–Trinajstić information content (AvgIpc) is 3.22. The molecule has 2 aromatic heterocycles. The van der Waals surface area contributed by atoms with Crippen LogP contribution in [-0.4, -0.2) is 31.8 Å². The Kier molecular flexibility index (Phi) is 5.71. The van der Waals surface area contributed by atoms with Crippen LogP contribution >= 0.6 is 11.8 Å². The predicted octanol–water partition coefficient (Wildman–Crippen LogP) is 3.72. The molecule has 0 saturated carbocycles. The van der Waals surface area contributed by atoms with Gasteiger partial charge in [0.1, 0.15) is 0 Å². The number of hydrogen-bond donors (Lipinski definition) is 2. The van der Waals surface area contributed by atoms with Crippen LogP contribution in [0.25, 0.3) is 11.4 Å². The quantitative estimate of drug-likeness (QED) is 0.624. The summed E-state index contributed by atoms with van der Waals surface area (Å²) in [7, 11) is 0. The lowest BCUT2D eigenvalue weighted by Crippen LogP contribution is -2.28. The number of pyridine rings is 1. The number of aromatic amines is 1. The summed E-state index contributed by atoms with van der Waals surface area (Å²) in [6.07, 6.45) is 8.27. The third-order valence-corrected chi connectivity index (χ3v) is 5.85. The summed E-state index contributed by atoms with van der Waals surface area (Å²) < 4.78 is 0. The minimum Gasteiger partial charge on any atom is -0.349 e. The Balaban J connectivity index is 1.31. The molecular formula is C21H23N5OS. The van der Waals surface area contributed by atoms with Gasteiger partial charge in [-0.15, -0.1) is 5.10 Å². The molecule has 1 aromatic carbocycles. The Labute approximate surface area is 168 Å². The van der Waals surface area contributed by atoms with Crippen molar-refractivity contribution < 1.29 is 4.79 Å². The van der Waals surface area contributed by atoms with Gasteiger partial charge in [0.25, 0.3) is 0 Å². The van der Waals surface area contributed by atoms with Crippen molar-refractivity contribution in [1.29, 1.82) is 0 Å². The van der Waals surface area contributed by atoms with Crippen LogP contribution in [0.1, 0.15) is 42.5 Å². The summed E-state index contributed by atoms with van der Waals surface area (Å²) in [5.41, 5.74) is 4.97. The minimum atomic E-state index is -0.0227. The zero-order valence-corrected chi connectivity index (χ0v) is 16.6. The average molecular weight is 394 g/mol. The summed E-state index contributed by atoms with van der Waals surface area (Å²) >= 11 is 1.32. The van der Waals surface area contributed by atoms with Crippen LogP contribution in [0, 0.1) is 0 Å². The first-order valence-corrected chi connectivity index (χ1v) is 10.5. The van der Waals surface area contributed by atoms with Crippen molar-refractivity contribution in [3.05, 3.63) is 59.4 Å². The second kappa shape index (κ2) is 8.56. The number of carbonyl (C=O) groups excluding carboxylic acids is 1. The number of aromatic nitrogens is 4. The van der Waals surface area contributed by atoms with Crippen LogP contribution in [0.15, 0.2) is 47.9 Å². The molecule has 0 fully saturated rings. The predicted molar refractivity (Wildman–Crippen MR) is 110 cm³/mol. The first-order valence-electron chi connectivity index (χ1n) is 9.56. The van der Waals surface area contributed by atoms with Crippen LogP contribution in [0.3, 0.4) is 0 Å². The fourth-order valence-corrected chi connectivity index (χ4v) is 4.08. The molecular weight excluding hydrogens is 370 g/mol. The van der Waals surface area contributed by atoms with Crippen LogP contribution < -0.4 is 5.32 Å². The van der Waals surface area contributed by atoms with E-state index in [1.165, 1.54) is 42.2 Å². The van der Waals surface area contributed by atoms with Gasteiger partial charge < -0.3 is 5.32 Å². The van der Waals surface area contributed by atoms with E-state index in [0.717, 1.165) is 17.5 Å². The number of thioether (sulfide) groups is 1. The largest absolute Gasteiger partial charge is 0.349 e. The number of carbonyl (C=O) groups is 1. The van der Waals surface area contributed by atoms with E-state index in [4.69, 9.17) is 0 Å². The summed E-state index contributed by atoms with van der Waals surface area (Å²) in [5.74, 6) is 0.932. The maximum absolute atomic E-state index is 12.4. The molecule has 4 rings (SSSR count). The fourth-order valence-electron chi connectivity index (χ4n) is 3.47. The van der Waals surface area contributed by atoms with Gasteiger partial charge in [-0.2, -0.15) is 0 Å². The number of aryl methyl sites for hydroxylation is 2. The SMILES string of the molecule is C[C@@H](NC(=O)CSc1n[nH]c(-c2ccncc2)n1)c1ccc2c(c1)CCCC2. The second-order valence-electron chi connectivity index (χ2n) is 7.02. The molecule has 0 unspecified atom stereocenters. The monoisotopic (exact) mass is 393 g/mol. The molecule has 0 bridgehead atoms. The smallest absolute Gasteiger partial charge is 0.230 e. The maximum atomic E-state index is 12.4. The Morgan fingerprint density at radius 1 is 1.18 bits per heavy atom. The summed E-state index contributed by atoms with van der Waals surface area (Å²) in [6.45, 7) is 2.03. The highest BCUT2D eigenvalue weighted by molar-refractivity contribution is 7.99. The van der Waals surface area contributed by atoms with Crippen molar-refractivity contribution >= 4 is 17.7 Å². The van der Waals surface area contributed by atoms with Crippen molar-refractivity contribution in [3.63, 3.8) is 0 Å². The molecule has 0 spiro atoms. The van der Waals surface area contributed by atoms with Crippen LogP contribution in [0.2, 0.25) is 0 Å². The highest BCUT2D eigenvalue weighted by atomic mass is 32.2. The minimum absolute atomic E-state index is 0.0140. The van der Waals surface area contributed by atoms with Gasteiger partial charge in [0, 0.05) is 18.0 Å². The van der Waals surface area contributed by atoms with Crippen LogP contribution in [0.4, 0.5) is 0 Å². The molecule has 2 heterocycles. The number of benzene rings is 1. The van der Waals surface area contributed by atoms with Crippen molar-refractivity contribution in [2.45, 2.75) is 43.8 Å². The molecule has 1 aliphatic rings. The number of amides is 1. The van der Waals surface area contributed by atoms with Gasteiger partial charge in [-0.05, 0) is 61.4 Å². The first-order chi connectivity index (χ1) is 13.7. The number of rotatable bonds is 6. The molecule has 1 amide bonds. The van der Waals surface area contributed by atoms with E-state index < -0.39 is 0 Å². The Morgan fingerprint density at radius 2 is 1.96 bits per heavy atom. The highest BCUT2D eigenvalue weighted by Crippen LogP contribution is 2.25. The molecule has 0 radical (unpaired) electrons. The van der Waals surface area contributed by atoms with Gasteiger partial charge in [0.05, 0.1) is 11.8 Å². The Hall–Kier alpha value is -2.67. The lowest BCUT2D eigenvalue weighted by Gasteiger charge is -2.20. The summed E-state index contributed by atoms with van der Waals surface area (Å²) in [5, 5.41) is 10.7. The summed E-state index contributed by atoms with van der Waals surface area (Å²) in [6, 6.07) is 10.3. The lowest BCUT2D eigenvalue weighted by atomic mass is 9.89. The van der Waals surface area contributed by atoms with Gasteiger partial charge >= 0.3 is 0 Å². The van der Waals surface area contributed by atoms with Crippen molar-refractivity contribution in [3.8, 4) is 11.4 Å². The highest BCUT2D eigenvalue weighted by Gasteiger charge is 2.15. The van der Waals surface area contributed by atoms with Gasteiger partial charge in [0.2, 0.25) is 11.1 Å². The number of hydrogen-bond acceptors (Lipinski definition) is 5.